The lowest BCUT2D eigenvalue weighted by Gasteiger charge is -2.52. The summed E-state index contributed by atoms with van der Waals surface area (Å²) in [6, 6.07) is 0. The predicted molar refractivity (Wildman–Crippen MR) is 90.8 cm³/mol. The molecule has 0 N–H and O–H groups in total. The Labute approximate surface area is 140 Å². The van der Waals surface area contributed by atoms with E-state index in [2.05, 4.69) is 33.9 Å². The topological polar surface area (TPSA) is 65.1 Å². The first-order valence-electron chi connectivity index (χ1n) is 7.90. The zero-order valence-electron chi connectivity index (χ0n) is 15.9. The molecule has 1 aliphatic rings. The highest BCUT2D eigenvalue weighted by Gasteiger charge is 2.58. The van der Waals surface area contributed by atoms with E-state index < -0.39 is 31.6 Å². The Bertz CT molecular complexity index is 470. The number of methoxy groups -OCH3 is 1. The fraction of sp³-hybridized carbons (Fsp3) is 0.875. The van der Waals surface area contributed by atoms with Crippen molar-refractivity contribution in [2.24, 2.45) is 0 Å². The number of hydrogen-bond acceptors (Lipinski definition) is 5. The van der Waals surface area contributed by atoms with Crippen LogP contribution in [0.15, 0.2) is 0 Å². The normalized spacial score (nSPS) is 18.2. The van der Waals surface area contributed by atoms with E-state index in [1.54, 1.807) is 0 Å². The van der Waals surface area contributed by atoms with Gasteiger partial charge >= 0.3 is 12.1 Å². The van der Waals surface area contributed by atoms with Crippen molar-refractivity contribution < 1.29 is 23.5 Å². The zero-order chi connectivity index (χ0) is 18.3. The largest absolute Gasteiger partial charge is 0.467 e. The maximum Gasteiger partial charge on any atom is 0.410 e. The van der Waals surface area contributed by atoms with Gasteiger partial charge in [0.25, 0.3) is 0 Å². The van der Waals surface area contributed by atoms with Gasteiger partial charge in [0.05, 0.1) is 20.2 Å². The van der Waals surface area contributed by atoms with Gasteiger partial charge < -0.3 is 18.8 Å². The molecule has 0 aromatic rings. The molecule has 0 unspecified atom stereocenters. The SMILES string of the molecule is COC(=O)C1(O[Si](C)(C)C(C)(C)C)CN(C(=O)OC(C)(C)C)C1. The number of carbonyl (C=O) groups is 2. The van der Waals surface area contributed by atoms with Gasteiger partial charge in [-0.1, -0.05) is 20.8 Å². The molecule has 0 aromatic heterocycles. The Morgan fingerprint density at radius 2 is 1.52 bits per heavy atom. The number of nitrogens with zero attached hydrogens (tertiary/aromatic N) is 1. The molecule has 23 heavy (non-hydrogen) atoms. The third-order valence-corrected chi connectivity index (χ3v) is 8.87. The average molecular weight is 346 g/mol. The smallest absolute Gasteiger partial charge is 0.410 e. The summed E-state index contributed by atoms with van der Waals surface area (Å²) in [7, 11) is -0.837. The van der Waals surface area contributed by atoms with E-state index in [0.29, 0.717) is 0 Å². The first-order chi connectivity index (χ1) is 10.1. The first kappa shape index (κ1) is 20.0. The van der Waals surface area contributed by atoms with Crippen LogP contribution in [-0.2, 0) is 18.7 Å². The number of amides is 1. The second-order valence-electron chi connectivity index (χ2n) is 8.68. The molecule has 0 aliphatic carbocycles. The van der Waals surface area contributed by atoms with E-state index in [1.165, 1.54) is 12.0 Å². The average Bonchev–Trinajstić information content (AvgIpc) is 2.28. The molecule has 7 heteroatoms. The number of likely N-dealkylation sites (tertiary alicyclic amines) is 1. The van der Waals surface area contributed by atoms with Crippen molar-refractivity contribution in [1.82, 2.24) is 4.90 Å². The van der Waals surface area contributed by atoms with Crippen LogP contribution < -0.4 is 0 Å². The maximum absolute atomic E-state index is 12.3. The molecular weight excluding hydrogens is 314 g/mol. The Hall–Kier alpha value is -1.08. The summed E-state index contributed by atoms with van der Waals surface area (Å²) in [5.74, 6) is -0.429. The van der Waals surface area contributed by atoms with E-state index in [9.17, 15) is 9.59 Å². The van der Waals surface area contributed by atoms with Gasteiger partial charge in [-0.25, -0.2) is 9.59 Å². The molecule has 0 radical (unpaired) electrons. The zero-order valence-corrected chi connectivity index (χ0v) is 16.9. The molecule has 1 amide bonds. The molecule has 1 fully saturated rings. The van der Waals surface area contributed by atoms with Gasteiger partial charge in [-0.3, -0.25) is 0 Å². The van der Waals surface area contributed by atoms with Crippen LogP contribution >= 0.6 is 0 Å². The summed E-state index contributed by atoms with van der Waals surface area (Å²) in [4.78, 5) is 25.9. The van der Waals surface area contributed by atoms with Crippen molar-refractivity contribution in [1.29, 1.82) is 0 Å². The van der Waals surface area contributed by atoms with Gasteiger partial charge in [-0.15, -0.1) is 0 Å². The van der Waals surface area contributed by atoms with Gasteiger partial charge in [0.1, 0.15) is 5.60 Å². The van der Waals surface area contributed by atoms with Crippen LogP contribution in [0, 0.1) is 0 Å². The predicted octanol–water partition coefficient (Wildman–Crippen LogP) is 3.17. The molecule has 0 bridgehead atoms. The Morgan fingerprint density at radius 1 is 1.04 bits per heavy atom. The monoisotopic (exact) mass is 345 g/mol. The second-order valence-corrected chi connectivity index (χ2v) is 13.4. The minimum Gasteiger partial charge on any atom is -0.467 e. The van der Waals surface area contributed by atoms with E-state index >= 15 is 0 Å². The van der Waals surface area contributed by atoms with Crippen LogP contribution in [0.3, 0.4) is 0 Å². The van der Waals surface area contributed by atoms with Crippen LogP contribution in [0.2, 0.25) is 18.1 Å². The van der Waals surface area contributed by atoms with Crippen molar-refractivity contribution in [2.75, 3.05) is 20.2 Å². The highest BCUT2D eigenvalue weighted by molar-refractivity contribution is 6.74. The Morgan fingerprint density at radius 3 is 1.87 bits per heavy atom. The highest BCUT2D eigenvalue weighted by Crippen LogP contribution is 2.42. The second kappa shape index (κ2) is 6.09. The minimum atomic E-state index is -2.18. The summed E-state index contributed by atoms with van der Waals surface area (Å²) in [5, 5.41) is -0.0413. The molecule has 6 nitrogen and oxygen atoms in total. The highest BCUT2D eigenvalue weighted by atomic mass is 28.4. The molecule has 1 saturated heterocycles. The number of hydrogen-bond donors (Lipinski definition) is 0. The van der Waals surface area contributed by atoms with E-state index in [1.807, 2.05) is 20.8 Å². The van der Waals surface area contributed by atoms with E-state index in [4.69, 9.17) is 13.9 Å². The molecule has 1 heterocycles. The molecule has 134 valence electrons. The summed E-state index contributed by atoms with van der Waals surface area (Å²) >= 11 is 0. The Kier molecular flexibility index (Phi) is 5.28. The molecule has 0 atom stereocenters. The summed E-state index contributed by atoms with van der Waals surface area (Å²) in [5.41, 5.74) is -1.64. The molecule has 1 rings (SSSR count). The molecule has 0 spiro atoms. The van der Waals surface area contributed by atoms with Gasteiger partial charge in [0.2, 0.25) is 0 Å². The first-order valence-corrected chi connectivity index (χ1v) is 10.8. The van der Waals surface area contributed by atoms with Gasteiger partial charge in [0, 0.05) is 0 Å². The van der Waals surface area contributed by atoms with Crippen molar-refractivity contribution >= 4 is 20.4 Å². The van der Waals surface area contributed by atoms with Crippen molar-refractivity contribution in [3.63, 3.8) is 0 Å². The minimum absolute atomic E-state index is 0.0413. The Balaban J connectivity index is 2.87. The number of esters is 1. The van der Waals surface area contributed by atoms with Crippen LogP contribution in [-0.4, -0.2) is 56.7 Å². The number of ether oxygens (including phenoxy) is 2. The van der Waals surface area contributed by atoms with Gasteiger partial charge in [0.15, 0.2) is 13.9 Å². The lowest BCUT2D eigenvalue weighted by molar-refractivity contribution is -0.175. The maximum atomic E-state index is 12.3. The number of carbonyl (C=O) groups excluding carboxylic acids is 2. The summed E-state index contributed by atoms with van der Waals surface area (Å²) in [6.45, 7) is 16.2. The molecule has 0 saturated carbocycles. The third-order valence-electron chi connectivity index (χ3n) is 4.36. The van der Waals surface area contributed by atoms with Crippen LogP contribution in [0.5, 0.6) is 0 Å². The van der Waals surface area contributed by atoms with Crippen LogP contribution in [0.25, 0.3) is 0 Å². The lowest BCUT2D eigenvalue weighted by atomic mass is 9.95. The molecule has 1 aliphatic heterocycles. The van der Waals surface area contributed by atoms with Crippen LogP contribution in [0.4, 0.5) is 4.79 Å². The third kappa shape index (κ3) is 4.47. The van der Waals surface area contributed by atoms with Gasteiger partial charge in [-0.2, -0.15) is 0 Å². The van der Waals surface area contributed by atoms with E-state index in [-0.39, 0.29) is 18.1 Å². The van der Waals surface area contributed by atoms with E-state index in [0.717, 1.165) is 0 Å². The lowest BCUT2D eigenvalue weighted by Crippen LogP contribution is -2.72. The van der Waals surface area contributed by atoms with Crippen molar-refractivity contribution in [3.05, 3.63) is 0 Å². The quantitative estimate of drug-likeness (QED) is 0.580. The fourth-order valence-corrected chi connectivity index (χ4v) is 3.58. The van der Waals surface area contributed by atoms with Crippen LogP contribution in [0.1, 0.15) is 41.5 Å². The standard InChI is InChI=1S/C16H31NO5Si/c1-14(2,3)21-13(19)17-10-16(11-17,12(18)20-7)22-23(8,9)15(4,5)6/h10-11H2,1-9H3. The molecular formula is C16H31NO5Si. The fourth-order valence-electron chi connectivity index (χ4n) is 2.09. The summed E-state index contributed by atoms with van der Waals surface area (Å²) < 4.78 is 16.6. The summed E-state index contributed by atoms with van der Waals surface area (Å²) in [6.07, 6.45) is -0.434. The number of rotatable bonds is 3. The van der Waals surface area contributed by atoms with Crippen molar-refractivity contribution in [2.45, 2.75) is 70.9 Å². The van der Waals surface area contributed by atoms with Crippen molar-refractivity contribution in [3.8, 4) is 0 Å². The van der Waals surface area contributed by atoms with Gasteiger partial charge in [-0.05, 0) is 38.9 Å². The molecule has 0 aromatic carbocycles.